The van der Waals surface area contributed by atoms with Crippen molar-refractivity contribution >= 4 is 22.6 Å². The molecule has 0 bridgehead atoms. The van der Waals surface area contributed by atoms with Gasteiger partial charge < -0.3 is 10.2 Å². The van der Waals surface area contributed by atoms with Crippen molar-refractivity contribution in [3.05, 3.63) is 112 Å². The second-order valence-corrected chi connectivity index (χ2v) is 9.11. The number of nitrogens with one attached hydrogen (secondary N) is 1. The first-order chi connectivity index (χ1) is 17.6. The van der Waals surface area contributed by atoms with E-state index >= 15 is 0 Å². The normalized spacial score (nSPS) is 14.2. The summed E-state index contributed by atoms with van der Waals surface area (Å²) in [7, 11) is 0. The van der Waals surface area contributed by atoms with Crippen LogP contribution in [-0.4, -0.2) is 27.8 Å². The number of carbonyl (C=O) groups is 2. The molecule has 182 valence electrons. The number of hydrogen-bond donors (Lipinski definition) is 1. The van der Waals surface area contributed by atoms with Crippen LogP contribution in [0, 0.1) is 0 Å². The van der Waals surface area contributed by atoms with E-state index in [1.165, 1.54) is 0 Å². The number of likely N-dealkylation sites (tertiary alicyclic amines) is 1. The average molecular weight is 480 g/mol. The van der Waals surface area contributed by atoms with Crippen molar-refractivity contribution in [1.82, 2.24) is 14.8 Å². The molecular weight excluding hydrogens is 450 g/mol. The number of carbonyl (C=O) groups excluding carboxylic acids is 2. The van der Waals surface area contributed by atoms with E-state index in [1.807, 2.05) is 85.8 Å². The summed E-state index contributed by atoms with van der Waals surface area (Å²) in [4.78, 5) is 42.2. The Morgan fingerprint density at radius 1 is 0.889 bits per heavy atom. The van der Waals surface area contributed by atoms with Gasteiger partial charge in [0.1, 0.15) is 0 Å². The zero-order valence-electron chi connectivity index (χ0n) is 20.3. The summed E-state index contributed by atoms with van der Waals surface area (Å²) in [5.41, 5.74) is 2.44. The van der Waals surface area contributed by atoms with E-state index in [0.29, 0.717) is 47.1 Å². The number of para-hydroxylation sites is 1. The van der Waals surface area contributed by atoms with Crippen LogP contribution in [-0.2, 0) is 11.3 Å². The van der Waals surface area contributed by atoms with Gasteiger partial charge in [0.15, 0.2) is 0 Å². The molecular formula is C30H29N3O3. The number of nitrogens with zero attached hydrogens (tertiary/aromatic N) is 2. The molecule has 1 aliphatic rings. The van der Waals surface area contributed by atoms with E-state index in [-0.39, 0.29) is 30.0 Å². The van der Waals surface area contributed by atoms with Crippen molar-refractivity contribution in [2.24, 2.45) is 0 Å². The summed E-state index contributed by atoms with van der Waals surface area (Å²) in [6.45, 7) is 2.83. The van der Waals surface area contributed by atoms with E-state index in [9.17, 15) is 14.4 Å². The fourth-order valence-corrected chi connectivity index (χ4v) is 5.04. The van der Waals surface area contributed by atoms with Crippen molar-refractivity contribution in [2.45, 2.75) is 38.8 Å². The SMILES string of the molecule is CC[C@H](NC(=O)c1c(CN2CCCC2=O)n(-c2ccccc2)c(=O)c2ccccc12)c1ccccc1. The molecule has 1 aliphatic heterocycles. The highest BCUT2D eigenvalue weighted by Gasteiger charge is 2.28. The Kier molecular flexibility index (Phi) is 6.67. The van der Waals surface area contributed by atoms with Crippen LogP contribution in [0.1, 0.15) is 53.8 Å². The Hall–Kier alpha value is -4.19. The summed E-state index contributed by atoms with van der Waals surface area (Å²) in [6, 6.07) is 26.2. The Labute approximate surface area is 210 Å². The standard InChI is InChI=1S/C30H29N3O3/c1-2-25(21-12-5-3-6-13-21)31-29(35)28-23-16-9-10-17-24(23)30(36)33(22-14-7-4-8-15-22)26(28)20-32-19-11-18-27(32)34/h3-10,12-17,25H,2,11,18-20H2,1H3,(H,31,35)/t25-/m0/s1. The first-order valence-electron chi connectivity index (χ1n) is 12.4. The van der Waals surface area contributed by atoms with Crippen LogP contribution in [0.15, 0.2) is 89.7 Å². The van der Waals surface area contributed by atoms with Crippen LogP contribution < -0.4 is 10.9 Å². The molecule has 6 nitrogen and oxygen atoms in total. The lowest BCUT2D eigenvalue weighted by Gasteiger charge is -2.25. The average Bonchev–Trinajstić information content (AvgIpc) is 3.32. The van der Waals surface area contributed by atoms with Crippen molar-refractivity contribution in [2.75, 3.05) is 6.54 Å². The highest BCUT2D eigenvalue weighted by atomic mass is 16.2. The predicted octanol–water partition coefficient (Wildman–Crippen LogP) is 4.99. The molecule has 4 aromatic rings. The van der Waals surface area contributed by atoms with Gasteiger partial charge >= 0.3 is 0 Å². The van der Waals surface area contributed by atoms with E-state index in [4.69, 9.17) is 0 Å². The molecule has 36 heavy (non-hydrogen) atoms. The number of rotatable bonds is 7. The van der Waals surface area contributed by atoms with Crippen LogP contribution in [0.3, 0.4) is 0 Å². The highest BCUT2D eigenvalue weighted by Crippen LogP contribution is 2.27. The molecule has 3 aromatic carbocycles. The first-order valence-corrected chi connectivity index (χ1v) is 12.4. The zero-order chi connectivity index (χ0) is 25.1. The number of pyridine rings is 1. The minimum Gasteiger partial charge on any atom is -0.345 e. The second kappa shape index (κ2) is 10.2. The van der Waals surface area contributed by atoms with Gasteiger partial charge in [-0.1, -0.05) is 73.7 Å². The summed E-state index contributed by atoms with van der Waals surface area (Å²) in [5.74, 6) is -0.217. The summed E-state index contributed by atoms with van der Waals surface area (Å²) < 4.78 is 1.60. The monoisotopic (exact) mass is 479 g/mol. The number of fused-ring (bicyclic) bond motifs is 1. The molecule has 0 radical (unpaired) electrons. The maximum atomic E-state index is 14.0. The van der Waals surface area contributed by atoms with E-state index in [0.717, 1.165) is 12.0 Å². The third kappa shape index (κ3) is 4.42. The minimum atomic E-state index is -0.256. The van der Waals surface area contributed by atoms with Gasteiger partial charge in [0.25, 0.3) is 11.5 Å². The molecule has 1 N–H and O–H groups in total. The molecule has 5 rings (SSSR count). The molecule has 6 heteroatoms. The topological polar surface area (TPSA) is 71.4 Å². The molecule has 2 heterocycles. The number of hydrogen-bond acceptors (Lipinski definition) is 3. The fraction of sp³-hybridized carbons (Fsp3) is 0.233. The third-order valence-electron chi connectivity index (χ3n) is 6.86. The van der Waals surface area contributed by atoms with Crippen LogP contribution >= 0.6 is 0 Å². The highest BCUT2D eigenvalue weighted by molar-refractivity contribution is 6.08. The van der Waals surface area contributed by atoms with Gasteiger partial charge in [-0.05, 0) is 36.6 Å². The Balaban J connectivity index is 1.72. The number of amides is 2. The fourth-order valence-electron chi connectivity index (χ4n) is 5.04. The summed E-state index contributed by atoms with van der Waals surface area (Å²) in [6.07, 6.45) is 1.97. The Morgan fingerprint density at radius 3 is 2.17 bits per heavy atom. The Bertz CT molecular complexity index is 1460. The number of aromatic nitrogens is 1. The molecule has 0 aliphatic carbocycles. The van der Waals surface area contributed by atoms with Crippen molar-refractivity contribution in [3.63, 3.8) is 0 Å². The van der Waals surface area contributed by atoms with Crippen molar-refractivity contribution < 1.29 is 9.59 Å². The lowest BCUT2D eigenvalue weighted by molar-refractivity contribution is -0.128. The molecule has 1 aromatic heterocycles. The first kappa shape index (κ1) is 23.5. The van der Waals surface area contributed by atoms with E-state index < -0.39 is 0 Å². The molecule has 0 unspecified atom stereocenters. The van der Waals surface area contributed by atoms with Crippen LogP contribution in [0.5, 0.6) is 0 Å². The van der Waals surface area contributed by atoms with Gasteiger partial charge in [-0.2, -0.15) is 0 Å². The van der Waals surface area contributed by atoms with Gasteiger partial charge in [-0.15, -0.1) is 0 Å². The van der Waals surface area contributed by atoms with Crippen LogP contribution in [0.25, 0.3) is 16.5 Å². The van der Waals surface area contributed by atoms with Gasteiger partial charge in [-0.25, -0.2) is 0 Å². The predicted molar refractivity (Wildman–Crippen MR) is 141 cm³/mol. The quantitative estimate of drug-likeness (QED) is 0.406. The lowest BCUT2D eigenvalue weighted by Crippen LogP contribution is -2.35. The molecule has 1 fully saturated rings. The maximum absolute atomic E-state index is 14.0. The maximum Gasteiger partial charge on any atom is 0.263 e. The molecule has 0 saturated carbocycles. The van der Waals surface area contributed by atoms with Crippen molar-refractivity contribution in [3.8, 4) is 5.69 Å². The van der Waals surface area contributed by atoms with Gasteiger partial charge in [0, 0.05) is 29.4 Å². The third-order valence-corrected chi connectivity index (χ3v) is 6.86. The zero-order valence-corrected chi connectivity index (χ0v) is 20.3. The molecule has 0 spiro atoms. The summed E-state index contributed by atoms with van der Waals surface area (Å²) in [5, 5.41) is 4.27. The number of benzene rings is 3. The Morgan fingerprint density at radius 2 is 1.53 bits per heavy atom. The van der Waals surface area contributed by atoms with E-state index in [1.54, 1.807) is 15.5 Å². The molecule has 1 atom stereocenters. The molecule has 1 saturated heterocycles. The smallest absolute Gasteiger partial charge is 0.263 e. The minimum absolute atomic E-state index is 0.0392. The van der Waals surface area contributed by atoms with Gasteiger partial charge in [0.2, 0.25) is 5.91 Å². The van der Waals surface area contributed by atoms with Crippen LogP contribution in [0.4, 0.5) is 0 Å². The molecule has 2 amide bonds. The summed E-state index contributed by atoms with van der Waals surface area (Å²) >= 11 is 0. The second-order valence-electron chi connectivity index (χ2n) is 9.11. The largest absolute Gasteiger partial charge is 0.345 e. The van der Waals surface area contributed by atoms with Gasteiger partial charge in [-0.3, -0.25) is 19.0 Å². The van der Waals surface area contributed by atoms with Crippen LogP contribution in [0.2, 0.25) is 0 Å². The lowest BCUT2D eigenvalue weighted by atomic mass is 9.99. The van der Waals surface area contributed by atoms with Gasteiger partial charge in [0.05, 0.1) is 23.8 Å². The van der Waals surface area contributed by atoms with Crippen molar-refractivity contribution in [1.29, 1.82) is 0 Å². The van der Waals surface area contributed by atoms with E-state index in [2.05, 4.69) is 5.32 Å².